The lowest BCUT2D eigenvalue weighted by atomic mass is 10.2. The molecule has 1 saturated carbocycles. The Morgan fingerprint density at radius 1 is 1.04 bits per heavy atom. The van der Waals surface area contributed by atoms with Crippen molar-refractivity contribution in [1.29, 1.82) is 0 Å². The van der Waals surface area contributed by atoms with Crippen molar-refractivity contribution in [3.05, 3.63) is 0 Å². The Morgan fingerprint density at radius 3 is 2.08 bits per heavy atom. The van der Waals surface area contributed by atoms with E-state index in [9.17, 15) is 14.4 Å². The number of ether oxygens (including phenoxy) is 3. The van der Waals surface area contributed by atoms with Crippen molar-refractivity contribution in [1.82, 2.24) is 4.90 Å². The molecule has 1 rings (SSSR count). The first-order valence-corrected chi connectivity index (χ1v) is 8.49. The molecule has 138 valence electrons. The summed E-state index contributed by atoms with van der Waals surface area (Å²) in [5.41, 5.74) is -1.62. The summed E-state index contributed by atoms with van der Waals surface area (Å²) in [5, 5.41) is 0. The number of carbonyl (C=O) groups is 3. The van der Waals surface area contributed by atoms with Crippen LogP contribution in [0.25, 0.3) is 0 Å². The lowest BCUT2D eigenvalue weighted by molar-refractivity contribution is -0.151. The van der Waals surface area contributed by atoms with Crippen LogP contribution in [-0.2, 0) is 23.8 Å². The van der Waals surface area contributed by atoms with E-state index < -0.39 is 23.2 Å². The zero-order valence-corrected chi connectivity index (χ0v) is 15.3. The molecule has 0 spiro atoms. The number of rotatable bonds is 8. The Bertz CT molecular complexity index is 464. The van der Waals surface area contributed by atoms with Gasteiger partial charge in [0.25, 0.3) is 0 Å². The van der Waals surface area contributed by atoms with Gasteiger partial charge in [-0.25, -0.2) is 9.59 Å². The topological polar surface area (TPSA) is 82.1 Å². The molecule has 1 fully saturated rings. The predicted molar refractivity (Wildman–Crippen MR) is 87.4 cm³/mol. The maximum atomic E-state index is 12.5. The van der Waals surface area contributed by atoms with Gasteiger partial charge in [-0.2, -0.15) is 0 Å². The van der Waals surface area contributed by atoms with E-state index in [0.717, 1.165) is 0 Å². The van der Waals surface area contributed by atoms with Gasteiger partial charge in [-0.1, -0.05) is 0 Å². The SMILES string of the molecule is CCOC(=O)CCCN(C(=O)OC(C)(C)C)C1(C(=O)OCC)CC1. The molecule has 1 aliphatic carbocycles. The van der Waals surface area contributed by atoms with E-state index in [1.165, 1.54) is 4.90 Å². The molecule has 0 radical (unpaired) electrons. The second kappa shape index (κ2) is 8.35. The molecule has 0 aliphatic heterocycles. The molecule has 0 saturated heterocycles. The first-order valence-electron chi connectivity index (χ1n) is 8.49. The highest BCUT2D eigenvalue weighted by Gasteiger charge is 2.58. The minimum Gasteiger partial charge on any atom is -0.466 e. The molecule has 0 atom stereocenters. The largest absolute Gasteiger partial charge is 0.466 e. The Morgan fingerprint density at radius 2 is 1.62 bits per heavy atom. The number of esters is 2. The van der Waals surface area contributed by atoms with Crippen molar-refractivity contribution < 1.29 is 28.6 Å². The lowest BCUT2D eigenvalue weighted by Crippen LogP contribution is -2.50. The standard InChI is InChI=1S/C17H29NO6/c1-6-22-13(19)9-8-12-18(15(21)24-16(3,4)5)17(10-11-17)14(20)23-7-2/h6-12H2,1-5H3. The van der Waals surface area contributed by atoms with Crippen LogP contribution in [0.1, 0.15) is 60.3 Å². The first-order chi connectivity index (χ1) is 11.2. The maximum Gasteiger partial charge on any atom is 0.411 e. The van der Waals surface area contributed by atoms with Gasteiger partial charge in [-0.15, -0.1) is 0 Å². The summed E-state index contributed by atoms with van der Waals surface area (Å²) in [7, 11) is 0. The fourth-order valence-corrected chi connectivity index (χ4v) is 2.38. The Labute approximate surface area is 143 Å². The van der Waals surface area contributed by atoms with Crippen molar-refractivity contribution in [3.8, 4) is 0 Å². The highest BCUT2D eigenvalue weighted by Crippen LogP contribution is 2.43. The number of carbonyl (C=O) groups excluding carboxylic acids is 3. The molecule has 1 amide bonds. The zero-order chi connectivity index (χ0) is 18.4. The van der Waals surface area contributed by atoms with Crippen LogP contribution < -0.4 is 0 Å². The number of amides is 1. The van der Waals surface area contributed by atoms with Crippen molar-refractivity contribution >= 4 is 18.0 Å². The van der Waals surface area contributed by atoms with Crippen molar-refractivity contribution in [2.75, 3.05) is 19.8 Å². The van der Waals surface area contributed by atoms with Gasteiger partial charge in [0.15, 0.2) is 0 Å². The molecule has 0 N–H and O–H groups in total. The van der Waals surface area contributed by atoms with Crippen LogP contribution in [0.3, 0.4) is 0 Å². The van der Waals surface area contributed by atoms with Crippen molar-refractivity contribution in [2.45, 2.75) is 71.4 Å². The monoisotopic (exact) mass is 343 g/mol. The average molecular weight is 343 g/mol. The molecule has 7 nitrogen and oxygen atoms in total. The lowest BCUT2D eigenvalue weighted by Gasteiger charge is -2.32. The van der Waals surface area contributed by atoms with Crippen molar-refractivity contribution in [2.24, 2.45) is 0 Å². The molecule has 0 aromatic carbocycles. The van der Waals surface area contributed by atoms with E-state index >= 15 is 0 Å². The van der Waals surface area contributed by atoms with E-state index in [-0.39, 0.29) is 25.5 Å². The second-order valence-electron chi connectivity index (χ2n) is 6.79. The third kappa shape index (κ3) is 5.69. The smallest absolute Gasteiger partial charge is 0.411 e. The summed E-state index contributed by atoms with van der Waals surface area (Å²) < 4.78 is 15.4. The van der Waals surface area contributed by atoms with Gasteiger partial charge in [-0.3, -0.25) is 9.69 Å². The van der Waals surface area contributed by atoms with Crippen LogP contribution in [0.5, 0.6) is 0 Å². The first kappa shape index (κ1) is 20.3. The molecule has 0 aromatic rings. The fraction of sp³-hybridized carbons (Fsp3) is 0.824. The quantitative estimate of drug-likeness (QED) is 0.498. The van der Waals surface area contributed by atoms with E-state index in [1.807, 2.05) is 0 Å². The molecular formula is C17H29NO6. The summed E-state index contributed by atoms with van der Waals surface area (Å²) in [5.74, 6) is -0.727. The van der Waals surface area contributed by atoms with Gasteiger partial charge in [0.05, 0.1) is 13.2 Å². The summed E-state index contributed by atoms with van der Waals surface area (Å²) in [6.07, 6.45) is 1.12. The summed E-state index contributed by atoms with van der Waals surface area (Å²) >= 11 is 0. The summed E-state index contributed by atoms with van der Waals surface area (Å²) in [6.45, 7) is 9.60. The van der Waals surface area contributed by atoms with Gasteiger partial charge in [0, 0.05) is 13.0 Å². The zero-order valence-electron chi connectivity index (χ0n) is 15.3. The van der Waals surface area contributed by atoms with Crippen LogP contribution in [0, 0.1) is 0 Å². The van der Waals surface area contributed by atoms with Crippen molar-refractivity contribution in [3.63, 3.8) is 0 Å². The highest BCUT2D eigenvalue weighted by molar-refractivity contribution is 5.89. The minimum absolute atomic E-state index is 0.187. The molecule has 24 heavy (non-hydrogen) atoms. The van der Waals surface area contributed by atoms with Crippen LogP contribution in [-0.4, -0.2) is 53.8 Å². The van der Waals surface area contributed by atoms with Gasteiger partial charge in [0.2, 0.25) is 0 Å². The maximum absolute atomic E-state index is 12.5. The van der Waals surface area contributed by atoms with E-state index in [0.29, 0.717) is 25.9 Å². The van der Waals surface area contributed by atoms with Gasteiger partial charge >= 0.3 is 18.0 Å². The van der Waals surface area contributed by atoms with Crippen LogP contribution in [0.15, 0.2) is 0 Å². The molecule has 0 unspecified atom stereocenters. The number of hydrogen-bond acceptors (Lipinski definition) is 6. The molecular weight excluding hydrogens is 314 g/mol. The Kier molecular flexibility index (Phi) is 7.05. The molecule has 0 bridgehead atoms. The van der Waals surface area contributed by atoms with Crippen LogP contribution >= 0.6 is 0 Å². The third-order valence-corrected chi connectivity index (χ3v) is 3.58. The molecule has 7 heteroatoms. The Balaban J connectivity index is 2.79. The Hall–Kier alpha value is -1.79. The predicted octanol–water partition coefficient (Wildman–Crippen LogP) is 2.66. The average Bonchev–Trinajstić information content (AvgIpc) is 3.23. The summed E-state index contributed by atoms with van der Waals surface area (Å²) in [4.78, 5) is 37.7. The molecule has 1 aliphatic rings. The minimum atomic E-state index is -0.951. The van der Waals surface area contributed by atoms with Crippen LogP contribution in [0.4, 0.5) is 4.79 Å². The molecule has 0 heterocycles. The fourth-order valence-electron chi connectivity index (χ4n) is 2.38. The number of hydrogen-bond donors (Lipinski definition) is 0. The van der Waals surface area contributed by atoms with E-state index in [2.05, 4.69) is 0 Å². The van der Waals surface area contributed by atoms with Gasteiger partial charge in [-0.05, 0) is 53.9 Å². The third-order valence-electron chi connectivity index (χ3n) is 3.58. The van der Waals surface area contributed by atoms with E-state index in [4.69, 9.17) is 14.2 Å². The summed E-state index contributed by atoms with van der Waals surface area (Å²) in [6, 6.07) is 0. The normalized spacial score (nSPS) is 15.4. The van der Waals surface area contributed by atoms with Gasteiger partial charge in [0.1, 0.15) is 11.1 Å². The number of nitrogens with zero attached hydrogens (tertiary/aromatic N) is 1. The second-order valence-corrected chi connectivity index (χ2v) is 6.79. The van der Waals surface area contributed by atoms with E-state index in [1.54, 1.807) is 34.6 Å². The molecule has 0 aromatic heterocycles. The van der Waals surface area contributed by atoms with Gasteiger partial charge < -0.3 is 14.2 Å². The highest BCUT2D eigenvalue weighted by atomic mass is 16.6. The van der Waals surface area contributed by atoms with Crippen LogP contribution in [0.2, 0.25) is 0 Å².